The summed E-state index contributed by atoms with van der Waals surface area (Å²) in [5.74, 6) is 0.502. The van der Waals surface area contributed by atoms with Crippen molar-refractivity contribution in [2.24, 2.45) is 0 Å². The van der Waals surface area contributed by atoms with Gasteiger partial charge in [-0.3, -0.25) is 9.78 Å². The first kappa shape index (κ1) is 15.3. The van der Waals surface area contributed by atoms with Gasteiger partial charge in [0.15, 0.2) is 0 Å². The highest BCUT2D eigenvalue weighted by Gasteiger charge is 2.15. The molecule has 0 aliphatic rings. The minimum atomic E-state index is -0.615. The lowest BCUT2D eigenvalue weighted by Crippen LogP contribution is -2.35. The second-order valence-corrected chi connectivity index (χ2v) is 6.03. The van der Waals surface area contributed by atoms with Crippen molar-refractivity contribution in [2.75, 3.05) is 7.11 Å². The molecule has 2 rings (SSSR count). The highest BCUT2D eigenvalue weighted by Crippen LogP contribution is 2.32. The van der Waals surface area contributed by atoms with E-state index in [1.165, 1.54) is 7.11 Å². The second kappa shape index (κ2) is 5.75. The van der Waals surface area contributed by atoms with Crippen molar-refractivity contribution in [3.8, 4) is 11.4 Å². The van der Waals surface area contributed by atoms with E-state index in [9.17, 15) is 9.59 Å². The van der Waals surface area contributed by atoms with E-state index in [0.29, 0.717) is 20.4 Å². The van der Waals surface area contributed by atoms with Crippen LogP contribution in [-0.4, -0.2) is 16.7 Å². The van der Waals surface area contributed by atoms with E-state index in [1.807, 2.05) is 0 Å². The summed E-state index contributed by atoms with van der Waals surface area (Å²) in [5.41, 5.74) is -0.462. The summed E-state index contributed by atoms with van der Waals surface area (Å²) in [5, 5.41) is 0.0384. The first-order valence-electron chi connectivity index (χ1n) is 5.41. The predicted molar refractivity (Wildman–Crippen MR) is 84.4 cm³/mol. The number of rotatable bonds is 2. The van der Waals surface area contributed by atoms with Gasteiger partial charge in [-0.25, -0.2) is 9.36 Å². The van der Waals surface area contributed by atoms with Crippen molar-refractivity contribution in [3.05, 3.63) is 52.6 Å². The Bertz CT molecular complexity index is 799. The summed E-state index contributed by atoms with van der Waals surface area (Å²) >= 11 is 12.4. The fraction of sp³-hybridized carbons (Fsp3) is 0.167. The highest BCUT2D eigenvalue weighted by atomic mass is 79.9. The molecule has 0 unspecified atom stereocenters. The molecule has 0 spiro atoms. The minimum Gasteiger partial charge on any atom is -0.495 e. The number of nitrogens with zero attached hydrogens (tertiary/aromatic N) is 1. The summed E-state index contributed by atoms with van der Waals surface area (Å²) in [6.07, 6.45) is 0. The van der Waals surface area contributed by atoms with Crippen LogP contribution in [0.3, 0.4) is 0 Å². The van der Waals surface area contributed by atoms with Crippen LogP contribution in [0.25, 0.3) is 5.69 Å². The van der Waals surface area contributed by atoms with Crippen LogP contribution in [0.4, 0.5) is 0 Å². The maximum Gasteiger partial charge on any atom is 0.334 e. The zero-order valence-corrected chi connectivity index (χ0v) is 14.4. The third-order valence-corrected chi connectivity index (χ3v) is 4.37. The van der Waals surface area contributed by atoms with Crippen molar-refractivity contribution >= 4 is 43.5 Å². The zero-order valence-electron chi connectivity index (χ0n) is 10.5. The molecule has 0 aliphatic carbocycles. The number of ether oxygens (including phenoxy) is 1. The van der Waals surface area contributed by atoms with E-state index in [4.69, 9.17) is 16.3 Å². The Hall–Kier alpha value is -1.05. The zero-order chi connectivity index (χ0) is 15.0. The number of hydrogen-bond acceptors (Lipinski definition) is 3. The molecule has 0 atom stereocenters. The van der Waals surface area contributed by atoms with Gasteiger partial charge in [-0.05, 0) is 44.8 Å². The largest absolute Gasteiger partial charge is 0.495 e. The lowest BCUT2D eigenvalue weighted by molar-refractivity contribution is 0.412. The molecular formula is C12H9Br2ClN2O3. The molecule has 0 bridgehead atoms. The molecule has 1 N–H and O–H groups in total. The molecular weight excluding hydrogens is 415 g/mol. The summed E-state index contributed by atoms with van der Waals surface area (Å²) in [6, 6.07) is 3.28. The Kier molecular flexibility index (Phi) is 4.41. The van der Waals surface area contributed by atoms with Gasteiger partial charge < -0.3 is 4.74 Å². The molecule has 0 fully saturated rings. The van der Waals surface area contributed by atoms with Crippen LogP contribution in [0.15, 0.2) is 30.7 Å². The molecule has 1 aromatic carbocycles. The van der Waals surface area contributed by atoms with Crippen LogP contribution in [0.1, 0.15) is 5.56 Å². The summed E-state index contributed by atoms with van der Waals surface area (Å²) < 4.78 is 7.44. The monoisotopic (exact) mass is 422 g/mol. The van der Waals surface area contributed by atoms with Crippen molar-refractivity contribution < 1.29 is 4.74 Å². The van der Waals surface area contributed by atoms with Crippen LogP contribution in [0.2, 0.25) is 5.15 Å². The Labute approximate surface area is 135 Å². The standard InChI is InChI=1S/C12H9Br2ClN2O3/c1-5-10(15)16-12(19)17(11(5)18)8-4-9(20-2)7(14)3-6(8)13/h3-4H,1-2H3,(H,16,19). The second-order valence-electron chi connectivity index (χ2n) is 3.95. The van der Waals surface area contributed by atoms with E-state index >= 15 is 0 Å². The van der Waals surface area contributed by atoms with E-state index in [-0.39, 0.29) is 10.7 Å². The summed E-state index contributed by atoms with van der Waals surface area (Å²) in [6.45, 7) is 1.54. The average molecular weight is 424 g/mol. The van der Waals surface area contributed by atoms with E-state index < -0.39 is 11.2 Å². The lowest BCUT2D eigenvalue weighted by atomic mass is 10.3. The first-order valence-corrected chi connectivity index (χ1v) is 7.38. The van der Waals surface area contributed by atoms with Gasteiger partial charge in [0, 0.05) is 10.5 Å². The number of aromatic nitrogens is 2. The number of hydrogen-bond donors (Lipinski definition) is 1. The maximum atomic E-state index is 12.2. The quantitative estimate of drug-likeness (QED) is 0.754. The SMILES string of the molecule is COc1cc(-n2c(=O)[nH]c(Cl)c(C)c2=O)c(Br)cc1Br. The fourth-order valence-corrected chi connectivity index (χ4v) is 3.16. The van der Waals surface area contributed by atoms with Crippen LogP contribution >= 0.6 is 43.5 Å². The minimum absolute atomic E-state index is 0.0384. The Balaban J connectivity index is 2.86. The number of methoxy groups -OCH3 is 1. The van der Waals surface area contributed by atoms with Gasteiger partial charge in [0.1, 0.15) is 10.9 Å². The molecule has 0 saturated carbocycles. The summed E-state index contributed by atoms with van der Waals surface area (Å²) in [4.78, 5) is 26.7. The topological polar surface area (TPSA) is 64.1 Å². The molecule has 106 valence electrons. The number of H-pyrrole nitrogens is 1. The van der Waals surface area contributed by atoms with Gasteiger partial charge in [0.2, 0.25) is 0 Å². The Morgan fingerprint density at radius 2 is 1.90 bits per heavy atom. The molecule has 1 heterocycles. The molecule has 0 aliphatic heterocycles. The highest BCUT2D eigenvalue weighted by molar-refractivity contribution is 9.11. The number of nitrogens with one attached hydrogen (secondary N) is 1. The molecule has 0 amide bonds. The molecule has 0 saturated heterocycles. The van der Waals surface area contributed by atoms with Crippen molar-refractivity contribution in [3.63, 3.8) is 0 Å². The molecule has 1 aromatic heterocycles. The van der Waals surface area contributed by atoms with Crippen LogP contribution in [0.5, 0.6) is 5.75 Å². The van der Waals surface area contributed by atoms with Crippen LogP contribution in [-0.2, 0) is 0 Å². The summed E-state index contributed by atoms with van der Waals surface area (Å²) in [7, 11) is 1.50. The molecule has 0 radical (unpaired) electrons. The molecule has 5 nitrogen and oxygen atoms in total. The number of benzene rings is 1. The van der Waals surface area contributed by atoms with Crippen LogP contribution < -0.4 is 16.0 Å². The predicted octanol–water partition coefficient (Wildman–Crippen LogP) is 3.02. The van der Waals surface area contributed by atoms with Crippen LogP contribution in [0, 0.1) is 6.92 Å². The molecule has 2 aromatic rings. The third kappa shape index (κ3) is 2.57. The molecule has 8 heteroatoms. The normalized spacial score (nSPS) is 10.7. The van der Waals surface area contributed by atoms with Gasteiger partial charge in [-0.2, -0.15) is 0 Å². The van der Waals surface area contributed by atoms with Crippen molar-refractivity contribution in [2.45, 2.75) is 6.92 Å². The van der Waals surface area contributed by atoms with Gasteiger partial charge in [0.25, 0.3) is 5.56 Å². The number of halogens is 3. The van der Waals surface area contributed by atoms with Gasteiger partial charge in [0.05, 0.1) is 22.8 Å². The van der Waals surface area contributed by atoms with Crippen molar-refractivity contribution in [1.29, 1.82) is 0 Å². The van der Waals surface area contributed by atoms with E-state index in [0.717, 1.165) is 4.57 Å². The smallest absolute Gasteiger partial charge is 0.334 e. The van der Waals surface area contributed by atoms with Gasteiger partial charge in [-0.15, -0.1) is 0 Å². The van der Waals surface area contributed by atoms with Gasteiger partial charge in [-0.1, -0.05) is 11.6 Å². The van der Waals surface area contributed by atoms with E-state index in [2.05, 4.69) is 36.8 Å². The first-order chi connectivity index (χ1) is 9.36. The van der Waals surface area contributed by atoms with Gasteiger partial charge >= 0.3 is 5.69 Å². The molecule has 20 heavy (non-hydrogen) atoms. The maximum absolute atomic E-state index is 12.2. The van der Waals surface area contributed by atoms with E-state index in [1.54, 1.807) is 19.1 Å². The Morgan fingerprint density at radius 1 is 1.25 bits per heavy atom. The third-order valence-electron chi connectivity index (χ3n) is 2.74. The Morgan fingerprint density at radius 3 is 2.50 bits per heavy atom. The average Bonchev–Trinajstić information content (AvgIpc) is 2.38. The lowest BCUT2D eigenvalue weighted by Gasteiger charge is -2.11. The van der Waals surface area contributed by atoms with Crippen molar-refractivity contribution in [1.82, 2.24) is 9.55 Å². The fourth-order valence-electron chi connectivity index (χ4n) is 1.66. The number of aromatic amines is 1.